The minimum Gasteiger partial charge on any atom is -0.0631 e. The average molecular weight is 757 g/mol. The number of nitrogens with zero attached hydrogens (tertiary/aromatic N) is 2. The first-order valence-electron chi connectivity index (χ1n) is 15.5. The van der Waals surface area contributed by atoms with Gasteiger partial charge in [0.1, 0.15) is 9.52 Å². The second-order valence-electron chi connectivity index (χ2n) is 11.0. The summed E-state index contributed by atoms with van der Waals surface area (Å²) < 4.78 is 0. The zero-order valence-electron chi connectivity index (χ0n) is 26.8. The van der Waals surface area contributed by atoms with E-state index in [1.807, 2.05) is 36.7 Å². The Morgan fingerprint density at radius 2 is 0.896 bits per heavy atom. The number of benzene rings is 4. The quantitative estimate of drug-likeness (QED) is 0.132. The van der Waals surface area contributed by atoms with Gasteiger partial charge in [0.05, 0.1) is 11.4 Å². The molecule has 6 heteroatoms. The smallest absolute Gasteiger partial charge is 0.0631 e. The minimum absolute atomic E-state index is 0.777. The van der Waals surface area contributed by atoms with Crippen LogP contribution in [-0.2, 0) is 20.8 Å². The second-order valence-corrected chi connectivity index (χ2v) is 16.2. The fraction of sp³-hybridized carbons (Fsp3) is 0.0476. The first-order valence-corrected chi connectivity index (χ1v) is 22.9. The second kappa shape index (κ2) is 18.6. The summed E-state index contributed by atoms with van der Waals surface area (Å²) >= 11 is -0.826. The molecular formula is C42H34Cl2N2SiZr. The summed E-state index contributed by atoms with van der Waals surface area (Å²) in [6, 6.07) is 54.8. The number of hydrogen-bond donors (Lipinski definition) is 0. The van der Waals surface area contributed by atoms with Crippen molar-refractivity contribution in [2.45, 2.75) is 13.8 Å². The maximum atomic E-state index is 4.93. The molecule has 2 nitrogen and oxygen atoms in total. The van der Waals surface area contributed by atoms with Gasteiger partial charge in [-0.2, -0.15) is 12.1 Å². The van der Waals surface area contributed by atoms with E-state index in [-0.39, 0.29) is 0 Å². The van der Waals surface area contributed by atoms with Gasteiger partial charge in [-0.3, -0.25) is 9.97 Å². The predicted octanol–water partition coefficient (Wildman–Crippen LogP) is 10.6. The Balaban J connectivity index is 0.000000136. The number of aromatic nitrogens is 2. The Labute approximate surface area is 304 Å². The summed E-state index contributed by atoms with van der Waals surface area (Å²) in [7, 11) is 10.6. The third kappa shape index (κ3) is 10.0. The molecule has 8 rings (SSSR count). The zero-order chi connectivity index (χ0) is 33.6. The van der Waals surface area contributed by atoms with Crippen molar-refractivity contribution in [3.05, 3.63) is 181 Å². The largest absolute Gasteiger partial charge is 0.121 e. The van der Waals surface area contributed by atoms with Gasteiger partial charge in [-0.25, -0.2) is 0 Å². The standard InChI is InChI=1S/2C15H12N.C12H10Si.2ClH.Zr/c2*1-11-9-12-5-4-6-13(14(12)10-11)15-7-2-3-8-16-15;1-3-7-11(8-4-1)13-12-9-5-2-6-10-12;;;/h2*2-10H,1H3;1-10H;2*1H;/q2*-1;;;;+4/p-2. The van der Waals surface area contributed by atoms with Crippen molar-refractivity contribution >= 4 is 58.5 Å². The molecule has 0 aliphatic rings. The van der Waals surface area contributed by atoms with Gasteiger partial charge in [0.15, 0.2) is 0 Å². The van der Waals surface area contributed by atoms with Gasteiger partial charge < -0.3 is 0 Å². The van der Waals surface area contributed by atoms with E-state index < -0.39 is 20.8 Å². The summed E-state index contributed by atoms with van der Waals surface area (Å²) in [6.45, 7) is 4.25. The monoisotopic (exact) mass is 754 g/mol. The van der Waals surface area contributed by atoms with E-state index in [4.69, 9.17) is 17.0 Å². The van der Waals surface area contributed by atoms with Crippen molar-refractivity contribution in [3.8, 4) is 22.5 Å². The molecule has 2 heterocycles. The Kier molecular flexibility index (Phi) is 13.7. The summed E-state index contributed by atoms with van der Waals surface area (Å²) in [4.78, 5) is 8.82. The molecule has 0 spiro atoms. The van der Waals surface area contributed by atoms with Crippen molar-refractivity contribution in [1.29, 1.82) is 0 Å². The van der Waals surface area contributed by atoms with Crippen LogP contribution in [-0.4, -0.2) is 19.5 Å². The van der Waals surface area contributed by atoms with Crippen LogP contribution < -0.4 is 10.4 Å². The van der Waals surface area contributed by atoms with E-state index >= 15 is 0 Å². The van der Waals surface area contributed by atoms with Crippen LogP contribution in [0.1, 0.15) is 11.1 Å². The molecule has 0 amide bonds. The number of hydrogen-bond acceptors (Lipinski definition) is 2. The molecule has 0 unspecified atom stereocenters. The van der Waals surface area contributed by atoms with Gasteiger partial charge in [-0.05, 0) is 35.4 Å². The maximum Gasteiger partial charge on any atom is 0.121 e. The van der Waals surface area contributed by atoms with Crippen LogP contribution in [0.25, 0.3) is 44.1 Å². The van der Waals surface area contributed by atoms with Crippen LogP contribution in [0.2, 0.25) is 0 Å². The van der Waals surface area contributed by atoms with Crippen molar-refractivity contribution in [2.75, 3.05) is 0 Å². The maximum absolute atomic E-state index is 4.93. The zero-order valence-corrected chi connectivity index (χ0v) is 31.8. The van der Waals surface area contributed by atoms with E-state index in [0.29, 0.717) is 0 Å². The van der Waals surface area contributed by atoms with E-state index in [1.54, 1.807) is 0 Å². The van der Waals surface area contributed by atoms with Crippen molar-refractivity contribution < 1.29 is 20.8 Å². The third-order valence-electron chi connectivity index (χ3n) is 7.51. The molecule has 2 radical (unpaired) electrons. The van der Waals surface area contributed by atoms with E-state index in [0.717, 1.165) is 20.9 Å². The molecule has 48 heavy (non-hydrogen) atoms. The summed E-state index contributed by atoms with van der Waals surface area (Å²) in [5.41, 5.74) is 7.12. The molecule has 2 aromatic heterocycles. The predicted molar refractivity (Wildman–Crippen MR) is 205 cm³/mol. The van der Waals surface area contributed by atoms with E-state index in [2.05, 4.69) is 157 Å². The van der Waals surface area contributed by atoms with Gasteiger partial charge in [0, 0.05) is 12.4 Å². The molecule has 0 aliphatic heterocycles. The molecule has 0 bridgehead atoms. The molecule has 0 N–H and O–H groups in total. The first-order chi connectivity index (χ1) is 23.6. The Hall–Kier alpha value is -3.92. The van der Waals surface area contributed by atoms with Gasteiger partial charge in [0.25, 0.3) is 0 Å². The summed E-state index contributed by atoms with van der Waals surface area (Å²) in [6.07, 6.45) is 3.67. The Morgan fingerprint density at radius 1 is 0.500 bits per heavy atom. The number of rotatable bonds is 4. The van der Waals surface area contributed by atoms with Gasteiger partial charge in [-0.15, -0.1) is 69.1 Å². The van der Waals surface area contributed by atoms with Crippen molar-refractivity contribution in [3.63, 3.8) is 0 Å². The van der Waals surface area contributed by atoms with Crippen LogP contribution in [0.5, 0.6) is 0 Å². The molecule has 0 saturated carbocycles. The third-order valence-corrected chi connectivity index (χ3v) is 8.75. The molecule has 0 atom stereocenters. The van der Waals surface area contributed by atoms with E-state index in [9.17, 15) is 0 Å². The number of pyridine rings is 2. The number of aryl methyl sites for hydroxylation is 2. The minimum atomic E-state index is -0.826. The fourth-order valence-electron chi connectivity index (χ4n) is 5.47. The molecule has 234 valence electrons. The van der Waals surface area contributed by atoms with Crippen LogP contribution in [0.15, 0.2) is 170 Å². The number of fused-ring (bicyclic) bond motifs is 2. The molecule has 8 aromatic rings. The molecular weight excluding hydrogens is 723 g/mol. The van der Waals surface area contributed by atoms with Gasteiger partial charge >= 0.3 is 37.9 Å². The average Bonchev–Trinajstić information content (AvgIpc) is 3.71. The fourth-order valence-corrected chi connectivity index (χ4v) is 6.52. The van der Waals surface area contributed by atoms with Gasteiger partial charge in [0.2, 0.25) is 0 Å². The molecule has 0 fully saturated rings. The Morgan fingerprint density at radius 3 is 1.27 bits per heavy atom. The Bertz CT molecular complexity index is 1960. The van der Waals surface area contributed by atoms with Crippen LogP contribution in [0.4, 0.5) is 0 Å². The SMILES string of the molecule is Cc1cc2c(-c3ccccn3)cccc2[cH-]1.Cc1cc2c(-c3ccccn3)cccc2[cH-]1.[Cl][Zr+2][Cl].c1ccc([Si]c2ccccc2)cc1. The van der Waals surface area contributed by atoms with Crippen LogP contribution >= 0.6 is 17.0 Å². The van der Waals surface area contributed by atoms with Gasteiger partial charge in [-0.1, -0.05) is 109 Å². The van der Waals surface area contributed by atoms with Crippen LogP contribution in [0.3, 0.4) is 0 Å². The summed E-state index contributed by atoms with van der Waals surface area (Å²) in [5, 5.41) is 7.96. The normalized spacial score (nSPS) is 10.1. The summed E-state index contributed by atoms with van der Waals surface area (Å²) in [5.74, 6) is 0. The van der Waals surface area contributed by atoms with Crippen molar-refractivity contribution in [1.82, 2.24) is 9.97 Å². The first kappa shape index (κ1) is 35.4. The molecule has 6 aromatic carbocycles. The number of halogens is 2. The van der Waals surface area contributed by atoms with Crippen LogP contribution in [0, 0.1) is 13.8 Å². The topological polar surface area (TPSA) is 25.8 Å². The van der Waals surface area contributed by atoms with Crippen molar-refractivity contribution in [2.24, 2.45) is 0 Å². The molecule has 0 aliphatic carbocycles. The molecule has 0 saturated heterocycles. The van der Waals surface area contributed by atoms with E-state index in [1.165, 1.54) is 54.2 Å².